The molecular formula is C19H22F3IN6. The van der Waals surface area contributed by atoms with Crippen molar-refractivity contribution in [3.8, 4) is 0 Å². The molecule has 0 aliphatic rings. The lowest BCUT2D eigenvalue weighted by atomic mass is 10.1. The minimum Gasteiger partial charge on any atom is -0.356 e. The van der Waals surface area contributed by atoms with Crippen LogP contribution in [-0.4, -0.2) is 34.2 Å². The van der Waals surface area contributed by atoms with Gasteiger partial charge in [0, 0.05) is 32.8 Å². The number of alkyl halides is 3. The summed E-state index contributed by atoms with van der Waals surface area (Å²) in [4.78, 5) is 4.13. The fourth-order valence-electron chi connectivity index (χ4n) is 2.73. The van der Waals surface area contributed by atoms with Gasteiger partial charge in [-0.1, -0.05) is 18.2 Å². The molecule has 0 saturated heterocycles. The van der Waals surface area contributed by atoms with Gasteiger partial charge in [0.15, 0.2) is 11.6 Å². The largest absolute Gasteiger partial charge is 0.416 e. The summed E-state index contributed by atoms with van der Waals surface area (Å²) in [5.74, 6) is 1.48. The van der Waals surface area contributed by atoms with Crippen LogP contribution in [-0.2, 0) is 19.1 Å². The lowest BCUT2D eigenvalue weighted by molar-refractivity contribution is -0.137. The molecule has 0 radical (unpaired) electrons. The van der Waals surface area contributed by atoms with Crippen LogP contribution in [0.15, 0.2) is 53.7 Å². The predicted octanol–water partition coefficient (Wildman–Crippen LogP) is 3.66. The molecule has 2 N–H and O–H groups in total. The number of hydrogen-bond acceptors (Lipinski definition) is 3. The van der Waals surface area contributed by atoms with Crippen molar-refractivity contribution >= 4 is 35.6 Å². The first-order chi connectivity index (χ1) is 13.5. The Balaban J connectivity index is 0.00000300. The van der Waals surface area contributed by atoms with E-state index in [1.165, 1.54) is 12.1 Å². The molecule has 156 valence electrons. The van der Waals surface area contributed by atoms with Gasteiger partial charge in [-0.2, -0.15) is 13.2 Å². The summed E-state index contributed by atoms with van der Waals surface area (Å²) < 4.78 is 39.7. The Hall–Kier alpha value is -2.37. The molecule has 6 nitrogen and oxygen atoms in total. The third-order valence-electron chi connectivity index (χ3n) is 4.22. The summed E-state index contributed by atoms with van der Waals surface area (Å²) >= 11 is 0. The number of rotatable bonds is 6. The van der Waals surface area contributed by atoms with E-state index in [0.717, 1.165) is 42.0 Å². The second-order valence-electron chi connectivity index (χ2n) is 6.20. The van der Waals surface area contributed by atoms with E-state index in [-0.39, 0.29) is 24.0 Å². The number of guanidine groups is 1. The molecule has 0 amide bonds. The van der Waals surface area contributed by atoms with Gasteiger partial charge in [-0.25, -0.2) is 0 Å². The molecule has 0 aliphatic carbocycles. The average Bonchev–Trinajstić information content (AvgIpc) is 3.10. The molecule has 3 aromatic rings. The van der Waals surface area contributed by atoms with Crippen molar-refractivity contribution in [2.75, 3.05) is 13.6 Å². The van der Waals surface area contributed by atoms with E-state index < -0.39 is 11.7 Å². The van der Waals surface area contributed by atoms with E-state index in [2.05, 4.69) is 25.8 Å². The number of benzene rings is 1. The number of pyridine rings is 1. The molecule has 29 heavy (non-hydrogen) atoms. The van der Waals surface area contributed by atoms with Crippen LogP contribution in [0.1, 0.15) is 23.4 Å². The predicted molar refractivity (Wildman–Crippen MR) is 116 cm³/mol. The maximum atomic E-state index is 12.6. The van der Waals surface area contributed by atoms with Gasteiger partial charge in [0.05, 0.1) is 5.56 Å². The highest BCUT2D eigenvalue weighted by molar-refractivity contribution is 14.0. The number of aryl methyl sites for hydroxylation is 1. The number of nitrogens with one attached hydrogen (secondary N) is 2. The van der Waals surface area contributed by atoms with E-state index in [9.17, 15) is 13.2 Å². The Morgan fingerprint density at radius 2 is 1.83 bits per heavy atom. The van der Waals surface area contributed by atoms with Crippen molar-refractivity contribution < 1.29 is 13.2 Å². The lowest BCUT2D eigenvalue weighted by Crippen LogP contribution is -2.37. The highest BCUT2D eigenvalue weighted by Gasteiger charge is 2.29. The number of fused-ring (bicyclic) bond motifs is 1. The zero-order valence-corrected chi connectivity index (χ0v) is 18.1. The molecule has 0 unspecified atom stereocenters. The number of halogens is 4. The van der Waals surface area contributed by atoms with Crippen LogP contribution in [0.4, 0.5) is 13.2 Å². The van der Waals surface area contributed by atoms with Crippen molar-refractivity contribution in [2.24, 2.45) is 4.99 Å². The van der Waals surface area contributed by atoms with Crippen LogP contribution < -0.4 is 10.6 Å². The fraction of sp³-hybridized carbons (Fsp3) is 0.316. The van der Waals surface area contributed by atoms with Gasteiger partial charge in [-0.3, -0.25) is 9.39 Å². The number of hydrogen-bond donors (Lipinski definition) is 2. The molecule has 3 rings (SSSR count). The second-order valence-corrected chi connectivity index (χ2v) is 6.20. The maximum absolute atomic E-state index is 12.6. The zero-order chi connectivity index (χ0) is 20.0. The second kappa shape index (κ2) is 10.4. The van der Waals surface area contributed by atoms with Crippen molar-refractivity contribution in [1.82, 2.24) is 25.2 Å². The summed E-state index contributed by atoms with van der Waals surface area (Å²) in [6.45, 7) is 1.06. The molecular weight excluding hydrogens is 496 g/mol. The fourth-order valence-corrected chi connectivity index (χ4v) is 2.73. The maximum Gasteiger partial charge on any atom is 0.416 e. The zero-order valence-electron chi connectivity index (χ0n) is 15.8. The summed E-state index contributed by atoms with van der Waals surface area (Å²) in [7, 11) is 1.65. The van der Waals surface area contributed by atoms with Crippen LogP contribution in [0.25, 0.3) is 5.65 Å². The minimum absolute atomic E-state index is 0. The molecule has 0 bridgehead atoms. The Bertz CT molecular complexity index is 937. The number of nitrogens with zero attached hydrogens (tertiary/aromatic N) is 4. The van der Waals surface area contributed by atoms with Crippen molar-refractivity contribution in [2.45, 2.75) is 25.6 Å². The van der Waals surface area contributed by atoms with E-state index in [4.69, 9.17) is 0 Å². The minimum atomic E-state index is -4.32. The van der Waals surface area contributed by atoms with Crippen molar-refractivity contribution in [3.05, 3.63) is 65.6 Å². The third-order valence-corrected chi connectivity index (χ3v) is 4.22. The standard InChI is InChI=1S/C19H21F3N6.HI/c1-23-18(25-13-14-7-9-15(10-8-14)19(20,21)22)24-11-4-6-17-27-26-16-5-2-3-12-28(16)17;/h2-3,5,7-10,12H,4,6,11,13H2,1H3,(H2,23,24,25);1H. The topological polar surface area (TPSA) is 66.6 Å². The van der Waals surface area contributed by atoms with Gasteiger partial charge in [0.25, 0.3) is 0 Å². The SMILES string of the molecule is CN=C(NCCCc1nnc2ccccn12)NCc1ccc(C(F)(F)F)cc1.I. The Kier molecular flexibility index (Phi) is 8.23. The first kappa shape index (κ1) is 22.9. The van der Waals surface area contributed by atoms with Crippen LogP contribution >= 0.6 is 24.0 Å². The van der Waals surface area contributed by atoms with Crippen molar-refractivity contribution in [3.63, 3.8) is 0 Å². The highest BCUT2D eigenvalue weighted by atomic mass is 127. The van der Waals surface area contributed by atoms with Gasteiger partial charge in [-0.15, -0.1) is 34.2 Å². The monoisotopic (exact) mass is 518 g/mol. The number of aromatic nitrogens is 3. The molecule has 0 aliphatic heterocycles. The van der Waals surface area contributed by atoms with E-state index in [1.54, 1.807) is 7.05 Å². The Morgan fingerprint density at radius 1 is 1.07 bits per heavy atom. The van der Waals surface area contributed by atoms with Crippen LogP contribution in [0, 0.1) is 0 Å². The van der Waals surface area contributed by atoms with E-state index in [1.807, 2.05) is 28.8 Å². The first-order valence-electron chi connectivity index (χ1n) is 8.86. The summed E-state index contributed by atoms with van der Waals surface area (Å²) in [5, 5.41) is 14.6. The first-order valence-corrected chi connectivity index (χ1v) is 8.86. The van der Waals surface area contributed by atoms with E-state index in [0.29, 0.717) is 19.0 Å². The van der Waals surface area contributed by atoms with Gasteiger partial charge in [0.1, 0.15) is 5.82 Å². The summed E-state index contributed by atoms with van der Waals surface area (Å²) in [6, 6.07) is 10.8. The normalized spacial score (nSPS) is 11.9. The van der Waals surface area contributed by atoms with Gasteiger partial charge in [-0.05, 0) is 36.2 Å². The summed E-state index contributed by atoms with van der Waals surface area (Å²) in [5.41, 5.74) is 0.908. The van der Waals surface area contributed by atoms with Gasteiger partial charge < -0.3 is 10.6 Å². The highest BCUT2D eigenvalue weighted by Crippen LogP contribution is 2.29. The lowest BCUT2D eigenvalue weighted by Gasteiger charge is -2.12. The van der Waals surface area contributed by atoms with Gasteiger partial charge in [0.2, 0.25) is 0 Å². The molecule has 2 aromatic heterocycles. The molecule has 0 spiro atoms. The molecule has 1 aromatic carbocycles. The number of aliphatic imine (C=N–C) groups is 1. The van der Waals surface area contributed by atoms with Crippen LogP contribution in [0.5, 0.6) is 0 Å². The summed E-state index contributed by atoms with van der Waals surface area (Å²) in [6.07, 6.45) is -0.799. The molecule has 0 fully saturated rings. The van der Waals surface area contributed by atoms with Crippen LogP contribution in [0.2, 0.25) is 0 Å². The Labute approximate surface area is 183 Å². The smallest absolute Gasteiger partial charge is 0.356 e. The average molecular weight is 518 g/mol. The van der Waals surface area contributed by atoms with Crippen molar-refractivity contribution in [1.29, 1.82) is 0 Å². The molecule has 0 atom stereocenters. The van der Waals surface area contributed by atoms with E-state index >= 15 is 0 Å². The molecule has 10 heteroatoms. The molecule has 0 saturated carbocycles. The quantitative estimate of drug-likeness (QED) is 0.226. The molecule has 2 heterocycles. The Morgan fingerprint density at radius 3 is 2.52 bits per heavy atom. The van der Waals surface area contributed by atoms with Gasteiger partial charge >= 0.3 is 6.18 Å². The van der Waals surface area contributed by atoms with Crippen LogP contribution in [0.3, 0.4) is 0 Å². The third kappa shape index (κ3) is 6.31.